The minimum absolute atomic E-state index is 0.0814. The van der Waals surface area contributed by atoms with Gasteiger partial charge in [-0.15, -0.1) is 11.3 Å². The number of anilines is 2. The summed E-state index contributed by atoms with van der Waals surface area (Å²) in [4.78, 5) is 39.6. The van der Waals surface area contributed by atoms with E-state index in [1.165, 1.54) is 11.3 Å². The fraction of sp³-hybridized carbons (Fsp3) is 0.294. The summed E-state index contributed by atoms with van der Waals surface area (Å²) in [6, 6.07) is 4.78. The molecule has 9 heteroatoms. The van der Waals surface area contributed by atoms with Crippen molar-refractivity contribution in [1.82, 2.24) is 10.3 Å². The Bertz CT molecular complexity index is 867. The molecule has 3 amide bonds. The molecular weight excluding hydrogens is 376 g/mol. The Kier molecular flexibility index (Phi) is 5.53. The highest BCUT2D eigenvalue weighted by atomic mass is 35.5. The van der Waals surface area contributed by atoms with E-state index in [2.05, 4.69) is 20.9 Å². The number of aryl methyl sites for hydroxylation is 1. The molecule has 0 unspecified atom stereocenters. The van der Waals surface area contributed by atoms with Gasteiger partial charge in [-0.25, -0.2) is 4.98 Å². The highest BCUT2D eigenvalue weighted by molar-refractivity contribution is 7.13. The van der Waals surface area contributed by atoms with Crippen molar-refractivity contribution >= 4 is 51.5 Å². The lowest BCUT2D eigenvalue weighted by atomic mass is 10.2. The van der Waals surface area contributed by atoms with Crippen molar-refractivity contribution in [2.45, 2.75) is 32.2 Å². The summed E-state index contributed by atoms with van der Waals surface area (Å²) in [7, 11) is 0. The molecule has 1 aromatic carbocycles. The van der Waals surface area contributed by atoms with Gasteiger partial charge in [-0.2, -0.15) is 0 Å². The molecule has 1 aromatic heterocycles. The highest BCUT2D eigenvalue weighted by Gasteiger charge is 2.27. The molecule has 3 N–H and O–H groups in total. The molecule has 7 nitrogen and oxygen atoms in total. The van der Waals surface area contributed by atoms with Gasteiger partial charge in [0.25, 0.3) is 0 Å². The predicted molar refractivity (Wildman–Crippen MR) is 100 cm³/mol. The number of hydrogen-bond acceptors (Lipinski definition) is 5. The maximum atomic E-state index is 12.1. The second-order valence-electron chi connectivity index (χ2n) is 5.98. The Hall–Kier alpha value is -2.45. The molecule has 1 aliphatic heterocycles. The Morgan fingerprint density at radius 2 is 2.19 bits per heavy atom. The first-order valence-electron chi connectivity index (χ1n) is 8.01. The molecule has 0 bridgehead atoms. The van der Waals surface area contributed by atoms with Crippen molar-refractivity contribution in [3.05, 3.63) is 39.9 Å². The molecule has 3 rings (SSSR count). The number of carbonyl (C=O) groups excluding carboxylic acids is 3. The van der Waals surface area contributed by atoms with Crippen LogP contribution in [-0.2, 0) is 20.8 Å². The van der Waals surface area contributed by atoms with Gasteiger partial charge in [-0.3, -0.25) is 14.4 Å². The average Bonchev–Trinajstić information content (AvgIpc) is 3.20. The predicted octanol–water partition coefficient (Wildman–Crippen LogP) is 2.50. The van der Waals surface area contributed by atoms with E-state index in [9.17, 15) is 14.4 Å². The molecule has 26 heavy (non-hydrogen) atoms. The van der Waals surface area contributed by atoms with Crippen LogP contribution in [-0.4, -0.2) is 28.7 Å². The van der Waals surface area contributed by atoms with Gasteiger partial charge in [-0.1, -0.05) is 17.7 Å². The van der Waals surface area contributed by atoms with Crippen molar-refractivity contribution in [3.8, 4) is 0 Å². The fourth-order valence-electron chi connectivity index (χ4n) is 2.49. The first kappa shape index (κ1) is 18.3. The van der Waals surface area contributed by atoms with Crippen molar-refractivity contribution in [2.24, 2.45) is 0 Å². The Balaban J connectivity index is 1.54. The Morgan fingerprint density at radius 1 is 1.38 bits per heavy atom. The van der Waals surface area contributed by atoms with Gasteiger partial charge in [0.2, 0.25) is 17.7 Å². The minimum Gasteiger partial charge on any atom is -0.344 e. The normalized spacial score (nSPS) is 16.2. The Labute approximate surface area is 159 Å². The third-order valence-corrected chi connectivity index (χ3v) is 5.10. The summed E-state index contributed by atoms with van der Waals surface area (Å²) in [5, 5.41) is 10.7. The molecule has 1 atom stereocenters. The van der Waals surface area contributed by atoms with E-state index in [1.54, 1.807) is 17.5 Å². The molecule has 1 fully saturated rings. The van der Waals surface area contributed by atoms with Crippen LogP contribution in [0.4, 0.5) is 10.8 Å². The van der Waals surface area contributed by atoms with E-state index < -0.39 is 6.04 Å². The summed E-state index contributed by atoms with van der Waals surface area (Å²) >= 11 is 7.28. The molecule has 1 saturated heterocycles. The van der Waals surface area contributed by atoms with Crippen molar-refractivity contribution in [2.75, 3.05) is 10.6 Å². The molecule has 2 aromatic rings. The number of nitrogens with zero attached hydrogens (tertiary/aromatic N) is 1. The van der Waals surface area contributed by atoms with Crippen LogP contribution in [0.3, 0.4) is 0 Å². The lowest BCUT2D eigenvalue weighted by Crippen LogP contribution is -2.37. The largest absolute Gasteiger partial charge is 0.344 e. The minimum atomic E-state index is -0.524. The van der Waals surface area contributed by atoms with Crippen LogP contribution in [0.25, 0.3) is 0 Å². The van der Waals surface area contributed by atoms with Crippen molar-refractivity contribution < 1.29 is 14.4 Å². The Morgan fingerprint density at radius 3 is 2.88 bits per heavy atom. The molecule has 0 spiro atoms. The van der Waals surface area contributed by atoms with Crippen LogP contribution >= 0.6 is 22.9 Å². The SMILES string of the molecule is Cc1ccc(NC(=O)Cc2csc(NC(=O)[C@H]3CCC(=O)N3)n2)cc1Cl. The number of benzene rings is 1. The van der Waals surface area contributed by atoms with Crippen LogP contribution in [0, 0.1) is 6.92 Å². The van der Waals surface area contributed by atoms with Crippen molar-refractivity contribution in [1.29, 1.82) is 0 Å². The molecular formula is C17H17ClN4O3S. The number of hydrogen-bond donors (Lipinski definition) is 3. The van der Waals surface area contributed by atoms with Crippen LogP contribution in [0.2, 0.25) is 5.02 Å². The first-order valence-corrected chi connectivity index (χ1v) is 9.27. The van der Waals surface area contributed by atoms with E-state index in [1.807, 2.05) is 13.0 Å². The van der Waals surface area contributed by atoms with Gasteiger partial charge in [0.05, 0.1) is 12.1 Å². The molecule has 0 aliphatic carbocycles. The van der Waals surface area contributed by atoms with Crippen LogP contribution in [0.15, 0.2) is 23.6 Å². The first-order chi connectivity index (χ1) is 12.4. The van der Waals surface area contributed by atoms with Crippen LogP contribution < -0.4 is 16.0 Å². The van der Waals surface area contributed by atoms with E-state index in [-0.39, 0.29) is 24.1 Å². The zero-order valence-electron chi connectivity index (χ0n) is 14.0. The number of nitrogens with one attached hydrogen (secondary N) is 3. The molecule has 0 radical (unpaired) electrons. The second kappa shape index (κ2) is 7.84. The number of halogens is 1. The monoisotopic (exact) mass is 392 g/mol. The topological polar surface area (TPSA) is 100 Å². The highest BCUT2D eigenvalue weighted by Crippen LogP contribution is 2.21. The quantitative estimate of drug-likeness (QED) is 0.727. The van der Waals surface area contributed by atoms with Gasteiger partial charge in [-0.05, 0) is 31.0 Å². The average molecular weight is 393 g/mol. The van der Waals surface area contributed by atoms with E-state index in [0.717, 1.165) is 5.56 Å². The number of amides is 3. The van der Waals surface area contributed by atoms with Crippen molar-refractivity contribution in [3.63, 3.8) is 0 Å². The molecule has 2 heterocycles. The molecule has 1 aliphatic rings. The number of aromatic nitrogens is 1. The van der Waals surface area contributed by atoms with Crippen LogP contribution in [0.5, 0.6) is 0 Å². The summed E-state index contributed by atoms with van der Waals surface area (Å²) in [6.45, 7) is 1.88. The number of thiazole rings is 1. The van der Waals surface area contributed by atoms with E-state index in [4.69, 9.17) is 11.6 Å². The van der Waals surface area contributed by atoms with E-state index >= 15 is 0 Å². The maximum absolute atomic E-state index is 12.1. The van der Waals surface area contributed by atoms with Crippen LogP contribution in [0.1, 0.15) is 24.1 Å². The smallest absolute Gasteiger partial charge is 0.248 e. The summed E-state index contributed by atoms with van der Waals surface area (Å²) in [6.07, 6.45) is 0.910. The molecule has 136 valence electrons. The van der Waals surface area contributed by atoms with Gasteiger partial charge in [0.15, 0.2) is 5.13 Å². The standard InChI is InChI=1S/C17H17ClN4O3S/c1-9-2-3-10(6-12(9)18)19-15(24)7-11-8-26-17(20-11)22-16(25)13-4-5-14(23)21-13/h2-3,6,8,13H,4-5,7H2,1H3,(H,19,24)(H,21,23)(H,20,22,25)/t13-/m1/s1. The third kappa shape index (κ3) is 4.59. The van der Waals surface area contributed by atoms with Gasteiger partial charge >= 0.3 is 0 Å². The number of carbonyl (C=O) groups is 3. The van der Waals surface area contributed by atoms with Gasteiger partial charge in [0, 0.05) is 22.5 Å². The lowest BCUT2D eigenvalue weighted by Gasteiger charge is -2.08. The zero-order chi connectivity index (χ0) is 18.7. The second-order valence-corrected chi connectivity index (χ2v) is 7.25. The van der Waals surface area contributed by atoms with Gasteiger partial charge in [0.1, 0.15) is 6.04 Å². The molecule has 0 saturated carbocycles. The summed E-state index contributed by atoms with van der Waals surface area (Å²) in [5.41, 5.74) is 2.10. The fourth-order valence-corrected chi connectivity index (χ4v) is 3.38. The third-order valence-electron chi connectivity index (χ3n) is 3.89. The summed E-state index contributed by atoms with van der Waals surface area (Å²) < 4.78 is 0. The summed E-state index contributed by atoms with van der Waals surface area (Å²) in [5.74, 6) is -0.649. The maximum Gasteiger partial charge on any atom is 0.248 e. The van der Waals surface area contributed by atoms with E-state index in [0.29, 0.717) is 34.4 Å². The zero-order valence-corrected chi connectivity index (χ0v) is 15.5. The van der Waals surface area contributed by atoms with Gasteiger partial charge < -0.3 is 16.0 Å². The lowest BCUT2D eigenvalue weighted by molar-refractivity contribution is -0.122. The number of rotatable bonds is 5.